The molecule has 1 fully saturated rings. The molecule has 0 bridgehead atoms. The minimum absolute atomic E-state index is 0.0824. The predicted molar refractivity (Wildman–Crippen MR) is 108 cm³/mol. The summed E-state index contributed by atoms with van der Waals surface area (Å²) >= 11 is 0. The molecule has 3 aromatic rings. The van der Waals surface area contributed by atoms with E-state index in [4.69, 9.17) is 4.52 Å². The van der Waals surface area contributed by atoms with Crippen LogP contribution in [-0.4, -0.2) is 34.2 Å². The Kier molecular flexibility index (Phi) is 4.63. The molecule has 2 amide bonds. The van der Waals surface area contributed by atoms with Crippen LogP contribution in [0.1, 0.15) is 38.1 Å². The quantitative estimate of drug-likeness (QED) is 0.721. The Morgan fingerprint density at radius 1 is 1.07 bits per heavy atom. The Morgan fingerprint density at radius 2 is 1.75 bits per heavy atom. The predicted octanol–water partition coefficient (Wildman–Crippen LogP) is 4.67. The molecule has 0 unspecified atom stereocenters. The fraction of sp³-hybridized carbons (Fsp3) is 0.318. The summed E-state index contributed by atoms with van der Waals surface area (Å²) in [6.07, 6.45) is 0. The minimum atomic E-state index is -0.109. The Hall–Kier alpha value is -3.15. The molecule has 6 heteroatoms. The molecule has 1 aliphatic heterocycles. The summed E-state index contributed by atoms with van der Waals surface area (Å²) in [6, 6.07) is 17.6. The number of hydrogen-bond acceptors (Lipinski definition) is 4. The highest BCUT2D eigenvalue weighted by molar-refractivity contribution is 5.90. The number of carbonyl (C=O) groups is 1. The number of hydrogen-bond donors (Lipinski definition) is 1. The molecule has 2 heterocycles. The zero-order valence-corrected chi connectivity index (χ0v) is 16.3. The van der Waals surface area contributed by atoms with Crippen LogP contribution < -0.4 is 5.32 Å². The van der Waals surface area contributed by atoms with Gasteiger partial charge in [0, 0.05) is 24.3 Å². The second-order valence-electron chi connectivity index (χ2n) is 8.18. The van der Waals surface area contributed by atoms with E-state index in [2.05, 4.69) is 48.4 Å². The van der Waals surface area contributed by atoms with Gasteiger partial charge in [0.25, 0.3) is 0 Å². The van der Waals surface area contributed by atoms with Crippen LogP contribution in [0, 0.1) is 0 Å². The molecule has 0 spiro atoms. The maximum absolute atomic E-state index is 12.4. The van der Waals surface area contributed by atoms with E-state index in [1.165, 1.54) is 5.56 Å². The molecule has 1 N–H and O–H groups in total. The van der Waals surface area contributed by atoms with Crippen molar-refractivity contribution in [2.45, 2.75) is 32.1 Å². The summed E-state index contributed by atoms with van der Waals surface area (Å²) in [5.41, 5.74) is 3.05. The molecule has 28 heavy (non-hydrogen) atoms. The summed E-state index contributed by atoms with van der Waals surface area (Å²) in [5.74, 6) is 1.24. The van der Waals surface area contributed by atoms with Gasteiger partial charge in [0.1, 0.15) is 0 Å². The lowest BCUT2D eigenvalue weighted by Gasteiger charge is -2.36. The Morgan fingerprint density at radius 3 is 2.39 bits per heavy atom. The highest BCUT2D eigenvalue weighted by atomic mass is 16.5. The van der Waals surface area contributed by atoms with Gasteiger partial charge in [-0.1, -0.05) is 68.4 Å². The molecule has 0 aliphatic carbocycles. The topological polar surface area (TPSA) is 71.3 Å². The second-order valence-corrected chi connectivity index (χ2v) is 8.18. The SMILES string of the molecule is CC(C)(C)c1ccc(NC(=O)N2CC(c3nc(-c4ccccc4)no3)C2)cc1. The maximum atomic E-state index is 12.4. The van der Waals surface area contributed by atoms with Crippen LogP contribution in [-0.2, 0) is 5.41 Å². The van der Waals surface area contributed by atoms with E-state index >= 15 is 0 Å². The largest absolute Gasteiger partial charge is 0.339 e. The molecule has 0 radical (unpaired) electrons. The van der Waals surface area contributed by atoms with Gasteiger partial charge in [-0.15, -0.1) is 0 Å². The van der Waals surface area contributed by atoms with E-state index in [0.29, 0.717) is 24.8 Å². The van der Waals surface area contributed by atoms with Crippen molar-refractivity contribution in [2.24, 2.45) is 0 Å². The lowest BCUT2D eigenvalue weighted by molar-refractivity contribution is 0.147. The molecular formula is C22H24N4O2. The zero-order chi connectivity index (χ0) is 19.7. The molecule has 2 aromatic carbocycles. The van der Waals surface area contributed by atoms with Gasteiger partial charge in [-0.05, 0) is 23.1 Å². The van der Waals surface area contributed by atoms with Crippen LogP contribution in [0.2, 0.25) is 0 Å². The molecular weight excluding hydrogens is 352 g/mol. The van der Waals surface area contributed by atoms with E-state index in [9.17, 15) is 4.79 Å². The van der Waals surface area contributed by atoms with E-state index in [0.717, 1.165) is 11.3 Å². The summed E-state index contributed by atoms with van der Waals surface area (Å²) in [4.78, 5) is 18.6. The normalized spacial score (nSPS) is 14.6. The molecule has 1 saturated heterocycles. The fourth-order valence-corrected chi connectivity index (χ4v) is 3.16. The van der Waals surface area contributed by atoms with Crippen molar-refractivity contribution in [1.82, 2.24) is 15.0 Å². The van der Waals surface area contributed by atoms with Crippen molar-refractivity contribution < 1.29 is 9.32 Å². The third-order valence-electron chi connectivity index (χ3n) is 4.99. The lowest BCUT2D eigenvalue weighted by atomic mass is 9.87. The summed E-state index contributed by atoms with van der Waals surface area (Å²) in [7, 11) is 0. The zero-order valence-electron chi connectivity index (χ0n) is 16.3. The van der Waals surface area contributed by atoms with Gasteiger partial charge in [-0.25, -0.2) is 4.79 Å². The maximum Gasteiger partial charge on any atom is 0.321 e. The fourth-order valence-electron chi connectivity index (χ4n) is 3.16. The third kappa shape index (κ3) is 3.76. The van der Waals surface area contributed by atoms with Crippen LogP contribution in [0.4, 0.5) is 10.5 Å². The van der Waals surface area contributed by atoms with Gasteiger partial charge >= 0.3 is 6.03 Å². The molecule has 6 nitrogen and oxygen atoms in total. The van der Waals surface area contributed by atoms with Gasteiger partial charge in [0.15, 0.2) is 0 Å². The molecule has 4 rings (SSSR count). The number of rotatable bonds is 3. The number of nitrogens with zero attached hydrogens (tertiary/aromatic N) is 3. The summed E-state index contributed by atoms with van der Waals surface area (Å²) < 4.78 is 5.39. The average Bonchev–Trinajstić information content (AvgIpc) is 3.10. The summed E-state index contributed by atoms with van der Waals surface area (Å²) in [6.45, 7) is 7.65. The van der Waals surface area contributed by atoms with Crippen molar-refractivity contribution in [1.29, 1.82) is 0 Å². The van der Waals surface area contributed by atoms with Crippen molar-refractivity contribution in [3.8, 4) is 11.4 Å². The first-order chi connectivity index (χ1) is 13.4. The third-order valence-corrected chi connectivity index (χ3v) is 4.99. The van der Waals surface area contributed by atoms with Crippen molar-refractivity contribution in [3.05, 3.63) is 66.1 Å². The number of benzene rings is 2. The number of urea groups is 1. The Labute approximate surface area is 164 Å². The number of likely N-dealkylation sites (tertiary alicyclic amines) is 1. The molecule has 0 atom stereocenters. The monoisotopic (exact) mass is 376 g/mol. The second kappa shape index (κ2) is 7.11. The number of anilines is 1. The molecule has 1 aromatic heterocycles. The van der Waals surface area contributed by atoms with Crippen LogP contribution in [0.5, 0.6) is 0 Å². The molecule has 144 valence electrons. The first-order valence-electron chi connectivity index (χ1n) is 9.45. The number of aromatic nitrogens is 2. The van der Waals surface area contributed by atoms with E-state index in [-0.39, 0.29) is 17.4 Å². The Bertz CT molecular complexity index is 952. The van der Waals surface area contributed by atoms with E-state index in [1.807, 2.05) is 42.5 Å². The van der Waals surface area contributed by atoms with E-state index in [1.54, 1.807) is 4.90 Å². The standard InChI is InChI=1S/C22H24N4O2/c1-22(2,3)17-9-11-18(12-10-17)23-21(27)26-13-16(14-26)20-24-19(25-28-20)15-7-5-4-6-8-15/h4-12,16H,13-14H2,1-3H3,(H,23,27). The van der Waals surface area contributed by atoms with Gasteiger partial charge in [-0.3, -0.25) is 0 Å². The van der Waals surface area contributed by atoms with Crippen molar-refractivity contribution in [3.63, 3.8) is 0 Å². The highest BCUT2D eigenvalue weighted by Crippen LogP contribution is 2.28. The lowest BCUT2D eigenvalue weighted by Crippen LogP contribution is -2.50. The average molecular weight is 376 g/mol. The first-order valence-corrected chi connectivity index (χ1v) is 9.45. The Balaban J connectivity index is 1.33. The van der Waals surface area contributed by atoms with Crippen molar-refractivity contribution in [2.75, 3.05) is 18.4 Å². The molecule has 1 aliphatic rings. The summed E-state index contributed by atoms with van der Waals surface area (Å²) in [5, 5.41) is 7.00. The van der Waals surface area contributed by atoms with Gasteiger partial charge in [0.05, 0.1) is 5.92 Å². The van der Waals surface area contributed by atoms with Gasteiger partial charge in [0.2, 0.25) is 11.7 Å². The highest BCUT2D eigenvalue weighted by Gasteiger charge is 2.35. The van der Waals surface area contributed by atoms with Crippen LogP contribution in [0.25, 0.3) is 11.4 Å². The smallest absolute Gasteiger partial charge is 0.321 e. The molecule has 0 saturated carbocycles. The van der Waals surface area contributed by atoms with Crippen LogP contribution >= 0.6 is 0 Å². The first kappa shape index (κ1) is 18.2. The van der Waals surface area contributed by atoms with E-state index < -0.39 is 0 Å². The van der Waals surface area contributed by atoms with Crippen LogP contribution in [0.15, 0.2) is 59.1 Å². The van der Waals surface area contributed by atoms with Crippen LogP contribution in [0.3, 0.4) is 0 Å². The van der Waals surface area contributed by atoms with Crippen molar-refractivity contribution >= 4 is 11.7 Å². The number of carbonyl (C=O) groups excluding carboxylic acids is 1. The van der Waals surface area contributed by atoms with Gasteiger partial charge < -0.3 is 14.7 Å². The number of amides is 2. The number of nitrogens with one attached hydrogen (secondary N) is 1. The minimum Gasteiger partial charge on any atom is -0.339 e. The van der Waals surface area contributed by atoms with Gasteiger partial charge in [-0.2, -0.15) is 4.98 Å².